The number of benzene rings is 1. The van der Waals surface area contributed by atoms with Gasteiger partial charge < -0.3 is 15.5 Å². The number of carbonyl (C=O) groups is 2. The highest BCUT2D eigenvalue weighted by molar-refractivity contribution is 5.98. The molecular formula is C17H25N3O2. The zero-order valence-electron chi connectivity index (χ0n) is 13.6. The summed E-state index contributed by atoms with van der Waals surface area (Å²) in [6, 6.07) is 5.31. The van der Waals surface area contributed by atoms with E-state index in [9.17, 15) is 9.59 Å². The van der Waals surface area contributed by atoms with E-state index in [2.05, 4.69) is 17.6 Å². The van der Waals surface area contributed by atoms with Crippen LogP contribution in [0.1, 0.15) is 42.1 Å². The molecule has 2 rings (SSSR count). The van der Waals surface area contributed by atoms with Crippen molar-refractivity contribution in [3.05, 3.63) is 29.3 Å². The Bertz CT molecular complexity index is 557. The predicted octanol–water partition coefficient (Wildman–Crippen LogP) is 3.01. The highest BCUT2D eigenvalue weighted by Gasteiger charge is 2.23. The minimum absolute atomic E-state index is 0.0738. The van der Waals surface area contributed by atoms with Gasteiger partial charge >= 0.3 is 6.03 Å². The molecule has 1 saturated heterocycles. The molecule has 1 aromatic carbocycles. The van der Waals surface area contributed by atoms with Crippen LogP contribution in [0.15, 0.2) is 18.2 Å². The summed E-state index contributed by atoms with van der Waals surface area (Å²) in [6.45, 7) is 5.64. The Labute approximate surface area is 132 Å². The molecule has 120 valence electrons. The van der Waals surface area contributed by atoms with Crippen LogP contribution in [0.2, 0.25) is 0 Å². The molecule has 1 aliphatic heterocycles. The summed E-state index contributed by atoms with van der Waals surface area (Å²) in [4.78, 5) is 26.1. The third-order valence-electron chi connectivity index (χ3n) is 4.43. The Kier molecular flexibility index (Phi) is 5.41. The largest absolute Gasteiger partial charge is 0.355 e. The van der Waals surface area contributed by atoms with Crippen LogP contribution in [0, 0.1) is 12.8 Å². The van der Waals surface area contributed by atoms with Crippen molar-refractivity contribution in [3.63, 3.8) is 0 Å². The Morgan fingerprint density at radius 1 is 1.36 bits per heavy atom. The van der Waals surface area contributed by atoms with Crippen LogP contribution in [0.4, 0.5) is 10.5 Å². The predicted molar refractivity (Wildman–Crippen MR) is 88.2 cm³/mol. The molecule has 1 atom stereocenters. The molecule has 1 unspecified atom stereocenters. The second-order valence-electron chi connectivity index (χ2n) is 5.85. The van der Waals surface area contributed by atoms with Gasteiger partial charge in [-0.2, -0.15) is 0 Å². The number of piperidine rings is 1. The number of anilines is 1. The van der Waals surface area contributed by atoms with E-state index in [0.29, 0.717) is 17.2 Å². The van der Waals surface area contributed by atoms with E-state index in [0.717, 1.165) is 31.5 Å². The summed E-state index contributed by atoms with van der Waals surface area (Å²) in [5.74, 6) is 0.454. The van der Waals surface area contributed by atoms with Gasteiger partial charge in [-0.15, -0.1) is 0 Å². The molecule has 3 amide bonds. The average Bonchev–Trinajstić information content (AvgIpc) is 2.56. The Morgan fingerprint density at radius 3 is 2.82 bits per heavy atom. The van der Waals surface area contributed by atoms with Crippen LogP contribution < -0.4 is 10.6 Å². The lowest BCUT2D eigenvalue weighted by atomic mass is 9.96. The molecule has 1 fully saturated rings. The molecule has 1 aromatic rings. The number of nitrogens with zero attached hydrogens (tertiary/aromatic N) is 1. The number of urea groups is 1. The van der Waals surface area contributed by atoms with E-state index >= 15 is 0 Å². The van der Waals surface area contributed by atoms with Crippen LogP contribution in [0.3, 0.4) is 0 Å². The minimum atomic E-state index is -0.141. The Morgan fingerprint density at radius 2 is 2.14 bits per heavy atom. The van der Waals surface area contributed by atoms with Crippen molar-refractivity contribution in [2.24, 2.45) is 5.92 Å². The van der Waals surface area contributed by atoms with Gasteiger partial charge in [0.05, 0.1) is 0 Å². The molecule has 0 aromatic heterocycles. The SMILES string of the molecule is CCC1CCCN(C(=O)Nc2cccc(C(=O)NC)c2C)C1. The van der Waals surface area contributed by atoms with Crippen LogP contribution in [-0.4, -0.2) is 37.0 Å². The lowest BCUT2D eigenvalue weighted by Crippen LogP contribution is -2.42. The summed E-state index contributed by atoms with van der Waals surface area (Å²) in [6.07, 6.45) is 3.36. The van der Waals surface area contributed by atoms with Gasteiger partial charge in [0, 0.05) is 31.4 Å². The van der Waals surface area contributed by atoms with Gasteiger partial charge in [0.1, 0.15) is 0 Å². The highest BCUT2D eigenvalue weighted by atomic mass is 16.2. The van der Waals surface area contributed by atoms with Gasteiger partial charge in [-0.3, -0.25) is 4.79 Å². The lowest BCUT2D eigenvalue weighted by molar-refractivity contribution is 0.0962. The van der Waals surface area contributed by atoms with Crippen LogP contribution >= 0.6 is 0 Å². The van der Waals surface area contributed by atoms with E-state index in [-0.39, 0.29) is 11.9 Å². The standard InChI is InChI=1S/C17H25N3O2/c1-4-13-7-6-10-20(11-13)17(22)19-15-9-5-8-14(12(15)2)16(21)18-3/h5,8-9,13H,4,6-7,10-11H2,1-3H3,(H,18,21)(H,19,22). The smallest absolute Gasteiger partial charge is 0.321 e. The quantitative estimate of drug-likeness (QED) is 0.901. The molecule has 1 aliphatic rings. The summed E-state index contributed by atoms with van der Waals surface area (Å²) in [5.41, 5.74) is 2.08. The van der Waals surface area contributed by atoms with Gasteiger partial charge in [0.25, 0.3) is 5.91 Å². The van der Waals surface area contributed by atoms with Crippen LogP contribution in [-0.2, 0) is 0 Å². The maximum atomic E-state index is 12.4. The van der Waals surface area contributed by atoms with E-state index in [1.165, 1.54) is 6.42 Å². The van der Waals surface area contributed by atoms with Crippen molar-refractivity contribution >= 4 is 17.6 Å². The number of carbonyl (C=O) groups excluding carboxylic acids is 2. The molecule has 2 N–H and O–H groups in total. The average molecular weight is 303 g/mol. The first-order valence-corrected chi connectivity index (χ1v) is 7.94. The number of likely N-dealkylation sites (tertiary alicyclic amines) is 1. The first kappa shape index (κ1) is 16.3. The molecule has 1 heterocycles. The first-order valence-electron chi connectivity index (χ1n) is 7.94. The fourth-order valence-corrected chi connectivity index (χ4v) is 2.93. The molecule has 0 radical (unpaired) electrons. The molecule has 5 nitrogen and oxygen atoms in total. The maximum absolute atomic E-state index is 12.4. The Hall–Kier alpha value is -2.04. The molecule has 5 heteroatoms. The number of nitrogens with one attached hydrogen (secondary N) is 2. The summed E-state index contributed by atoms with van der Waals surface area (Å²) < 4.78 is 0. The Balaban J connectivity index is 2.10. The van der Waals surface area contributed by atoms with Gasteiger partial charge in [-0.05, 0) is 43.4 Å². The molecule has 0 aliphatic carbocycles. The highest BCUT2D eigenvalue weighted by Crippen LogP contribution is 2.22. The summed E-state index contributed by atoms with van der Waals surface area (Å²) in [5, 5.41) is 5.57. The van der Waals surface area contributed by atoms with E-state index in [4.69, 9.17) is 0 Å². The summed E-state index contributed by atoms with van der Waals surface area (Å²) >= 11 is 0. The van der Waals surface area contributed by atoms with E-state index in [1.54, 1.807) is 19.2 Å². The number of rotatable bonds is 3. The van der Waals surface area contributed by atoms with Crippen molar-refractivity contribution < 1.29 is 9.59 Å². The van der Waals surface area contributed by atoms with Gasteiger partial charge in [-0.1, -0.05) is 19.4 Å². The normalized spacial score (nSPS) is 18.0. The monoisotopic (exact) mass is 303 g/mol. The van der Waals surface area contributed by atoms with Crippen LogP contribution in [0.25, 0.3) is 0 Å². The fraction of sp³-hybridized carbons (Fsp3) is 0.529. The zero-order valence-corrected chi connectivity index (χ0v) is 13.6. The van der Waals surface area contributed by atoms with Crippen molar-refractivity contribution in [2.75, 3.05) is 25.5 Å². The minimum Gasteiger partial charge on any atom is -0.355 e. The molecule has 0 bridgehead atoms. The molecule has 0 spiro atoms. The fourth-order valence-electron chi connectivity index (χ4n) is 2.93. The second-order valence-corrected chi connectivity index (χ2v) is 5.85. The third-order valence-corrected chi connectivity index (χ3v) is 4.43. The van der Waals surface area contributed by atoms with Gasteiger partial charge in [-0.25, -0.2) is 4.79 Å². The molecular weight excluding hydrogens is 278 g/mol. The lowest BCUT2D eigenvalue weighted by Gasteiger charge is -2.32. The van der Waals surface area contributed by atoms with Crippen molar-refractivity contribution in [1.82, 2.24) is 10.2 Å². The zero-order chi connectivity index (χ0) is 16.1. The van der Waals surface area contributed by atoms with E-state index < -0.39 is 0 Å². The van der Waals surface area contributed by atoms with Gasteiger partial charge in [0.15, 0.2) is 0 Å². The maximum Gasteiger partial charge on any atom is 0.321 e. The van der Waals surface area contributed by atoms with E-state index in [1.807, 2.05) is 17.9 Å². The van der Waals surface area contributed by atoms with Crippen molar-refractivity contribution in [3.8, 4) is 0 Å². The number of amides is 3. The van der Waals surface area contributed by atoms with Gasteiger partial charge in [0.2, 0.25) is 0 Å². The first-order chi connectivity index (χ1) is 10.6. The topological polar surface area (TPSA) is 61.4 Å². The number of hydrogen-bond donors (Lipinski definition) is 2. The second kappa shape index (κ2) is 7.29. The van der Waals surface area contributed by atoms with Crippen molar-refractivity contribution in [2.45, 2.75) is 33.1 Å². The van der Waals surface area contributed by atoms with Crippen molar-refractivity contribution in [1.29, 1.82) is 0 Å². The van der Waals surface area contributed by atoms with Crippen LogP contribution in [0.5, 0.6) is 0 Å². The molecule has 0 saturated carbocycles. The summed E-state index contributed by atoms with van der Waals surface area (Å²) in [7, 11) is 1.60. The molecule has 22 heavy (non-hydrogen) atoms. The third kappa shape index (κ3) is 3.59. The number of hydrogen-bond acceptors (Lipinski definition) is 2.